The first kappa shape index (κ1) is 7.26. The van der Waals surface area contributed by atoms with Gasteiger partial charge < -0.3 is 0 Å². The first-order valence-corrected chi connectivity index (χ1v) is 3.61. The van der Waals surface area contributed by atoms with Crippen LogP contribution in [0, 0.1) is 0 Å². The van der Waals surface area contributed by atoms with E-state index >= 15 is 0 Å². The molecule has 0 aromatic heterocycles. The van der Waals surface area contributed by atoms with Gasteiger partial charge in [-0.25, -0.2) is 0 Å². The van der Waals surface area contributed by atoms with E-state index in [1.165, 1.54) is 0 Å². The van der Waals surface area contributed by atoms with E-state index in [1.807, 2.05) is 6.08 Å². The Hall–Kier alpha value is -0.850. The molecule has 0 saturated carbocycles. The lowest BCUT2D eigenvalue weighted by molar-refractivity contribution is -0.112. The fourth-order valence-corrected chi connectivity index (χ4v) is 1.15. The van der Waals surface area contributed by atoms with E-state index in [-0.39, 0.29) is 5.78 Å². The fraction of sp³-hybridized carbons (Fsp3) is 0.444. The van der Waals surface area contributed by atoms with Crippen LogP contribution in [0.3, 0.4) is 0 Å². The lowest BCUT2D eigenvalue weighted by Crippen LogP contribution is -2.00. The first-order chi connectivity index (χ1) is 4.72. The molecule has 0 aromatic rings. The number of Topliss-reactive ketones (excluding diaryl/α,β-unsaturated/α-hetero) is 1. The quantitative estimate of drug-likeness (QED) is 0.532. The Kier molecular flexibility index (Phi) is 2.05. The van der Waals surface area contributed by atoms with Gasteiger partial charge in [0.25, 0.3) is 0 Å². The van der Waals surface area contributed by atoms with Crippen molar-refractivity contribution in [3.63, 3.8) is 0 Å². The third-order valence-electron chi connectivity index (χ3n) is 1.72. The Morgan fingerprint density at radius 1 is 1.70 bits per heavy atom. The molecule has 0 unspecified atom stereocenters. The van der Waals surface area contributed by atoms with Crippen molar-refractivity contribution in [2.75, 3.05) is 0 Å². The minimum Gasteiger partial charge on any atom is -0.289 e. The van der Waals surface area contributed by atoms with E-state index in [4.69, 9.17) is 0 Å². The standard InChI is InChI=1S/C9H12O/c1-7(2)9(10)8-5-3-4-6-8/h5H,1,3-4,6H2,2H3. The minimum absolute atomic E-state index is 0.150. The summed E-state index contributed by atoms with van der Waals surface area (Å²) in [6.45, 7) is 5.37. The van der Waals surface area contributed by atoms with Gasteiger partial charge in [0.05, 0.1) is 0 Å². The Balaban J connectivity index is 2.65. The summed E-state index contributed by atoms with van der Waals surface area (Å²) < 4.78 is 0. The van der Waals surface area contributed by atoms with Gasteiger partial charge in [-0.05, 0) is 37.3 Å². The zero-order chi connectivity index (χ0) is 7.56. The second-order valence-electron chi connectivity index (χ2n) is 2.73. The number of carbonyl (C=O) groups is 1. The molecule has 0 saturated heterocycles. The lowest BCUT2D eigenvalue weighted by atomic mass is 10.1. The number of carbonyl (C=O) groups excluding carboxylic acids is 1. The average molecular weight is 136 g/mol. The van der Waals surface area contributed by atoms with E-state index in [0.29, 0.717) is 5.57 Å². The molecule has 1 heteroatoms. The van der Waals surface area contributed by atoms with E-state index < -0.39 is 0 Å². The van der Waals surface area contributed by atoms with Gasteiger partial charge >= 0.3 is 0 Å². The van der Waals surface area contributed by atoms with E-state index in [1.54, 1.807) is 6.92 Å². The number of allylic oxidation sites excluding steroid dienone is 3. The normalized spacial score (nSPS) is 16.7. The molecule has 0 atom stereocenters. The number of rotatable bonds is 2. The van der Waals surface area contributed by atoms with E-state index in [0.717, 1.165) is 24.8 Å². The number of ketones is 1. The average Bonchev–Trinajstić information content (AvgIpc) is 2.36. The van der Waals surface area contributed by atoms with Gasteiger partial charge in [0, 0.05) is 0 Å². The second-order valence-corrected chi connectivity index (χ2v) is 2.73. The van der Waals surface area contributed by atoms with Gasteiger partial charge in [-0.2, -0.15) is 0 Å². The Morgan fingerprint density at radius 2 is 2.40 bits per heavy atom. The minimum atomic E-state index is 0.150. The van der Waals surface area contributed by atoms with E-state index in [2.05, 4.69) is 6.58 Å². The van der Waals surface area contributed by atoms with Crippen LogP contribution < -0.4 is 0 Å². The molecule has 1 aliphatic carbocycles. The number of hydrogen-bond acceptors (Lipinski definition) is 1. The van der Waals surface area contributed by atoms with Gasteiger partial charge in [0.15, 0.2) is 5.78 Å². The van der Waals surface area contributed by atoms with Crippen LogP contribution in [-0.4, -0.2) is 5.78 Å². The summed E-state index contributed by atoms with van der Waals surface area (Å²) in [4.78, 5) is 11.2. The highest BCUT2D eigenvalue weighted by Crippen LogP contribution is 2.20. The predicted molar refractivity (Wildman–Crippen MR) is 41.8 cm³/mol. The Labute approximate surface area is 61.4 Å². The summed E-state index contributed by atoms with van der Waals surface area (Å²) in [5, 5.41) is 0. The lowest BCUT2D eigenvalue weighted by Gasteiger charge is -1.97. The molecule has 0 amide bonds. The first-order valence-electron chi connectivity index (χ1n) is 3.61. The van der Waals surface area contributed by atoms with Crippen molar-refractivity contribution in [3.8, 4) is 0 Å². The van der Waals surface area contributed by atoms with Crippen LogP contribution in [0.2, 0.25) is 0 Å². The zero-order valence-corrected chi connectivity index (χ0v) is 6.31. The molecular formula is C9H12O. The smallest absolute Gasteiger partial charge is 0.183 e. The van der Waals surface area contributed by atoms with Gasteiger partial charge in [-0.1, -0.05) is 12.7 Å². The molecule has 10 heavy (non-hydrogen) atoms. The molecule has 1 rings (SSSR count). The largest absolute Gasteiger partial charge is 0.289 e. The molecule has 54 valence electrons. The van der Waals surface area contributed by atoms with Crippen LogP contribution >= 0.6 is 0 Å². The second kappa shape index (κ2) is 2.82. The summed E-state index contributed by atoms with van der Waals surface area (Å²) in [7, 11) is 0. The van der Waals surface area contributed by atoms with Crippen LogP contribution in [0.1, 0.15) is 26.2 Å². The maximum atomic E-state index is 11.2. The molecule has 0 radical (unpaired) electrons. The van der Waals surface area contributed by atoms with Crippen molar-refractivity contribution < 1.29 is 4.79 Å². The van der Waals surface area contributed by atoms with Crippen LogP contribution in [0.5, 0.6) is 0 Å². The number of hydrogen-bond donors (Lipinski definition) is 0. The van der Waals surface area contributed by atoms with Gasteiger partial charge in [-0.15, -0.1) is 0 Å². The Bertz CT molecular complexity index is 199. The SMILES string of the molecule is C=C(C)C(=O)C1=CCCC1. The molecule has 0 aliphatic heterocycles. The molecule has 0 aromatic carbocycles. The highest BCUT2D eigenvalue weighted by Gasteiger charge is 2.12. The summed E-state index contributed by atoms with van der Waals surface area (Å²) in [5.74, 6) is 0.150. The fourth-order valence-electron chi connectivity index (χ4n) is 1.15. The molecule has 0 fully saturated rings. The van der Waals surface area contributed by atoms with Crippen molar-refractivity contribution in [3.05, 3.63) is 23.8 Å². The molecule has 1 aliphatic rings. The van der Waals surface area contributed by atoms with Gasteiger partial charge in [-0.3, -0.25) is 4.79 Å². The summed E-state index contributed by atoms with van der Waals surface area (Å²) in [5.41, 5.74) is 1.63. The molecule has 0 bridgehead atoms. The third kappa shape index (κ3) is 1.35. The molecule has 0 N–H and O–H groups in total. The summed E-state index contributed by atoms with van der Waals surface area (Å²) >= 11 is 0. The van der Waals surface area contributed by atoms with Crippen LogP contribution in [-0.2, 0) is 4.79 Å². The van der Waals surface area contributed by atoms with Gasteiger partial charge in [0.1, 0.15) is 0 Å². The molecule has 0 heterocycles. The Morgan fingerprint density at radius 3 is 2.80 bits per heavy atom. The van der Waals surface area contributed by atoms with Crippen LogP contribution in [0.25, 0.3) is 0 Å². The topological polar surface area (TPSA) is 17.1 Å². The van der Waals surface area contributed by atoms with Crippen molar-refractivity contribution in [1.29, 1.82) is 0 Å². The van der Waals surface area contributed by atoms with Crippen LogP contribution in [0.4, 0.5) is 0 Å². The van der Waals surface area contributed by atoms with Crippen molar-refractivity contribution in [2.45, 2.75) is 26.2 Å². The highest BCUT2D eigenvalue weighted by atomic mass is 16.1. The molecule has 0 spiro atoms. The molecular weight excluding hydrogens is 124 g/mol. The van der Waals surface area contributed by atoms with E-state index in [9.17, 15) is 4.79 Å². The maximum absolute atomic E-state index is 11.2. The highest BCUT2D eigenvalue weighted by molar-refractivity contribution is 6.07. The monoisotopic (exact) mass is 136 g/mol. The third-order valence-corrected chi connectivity index (χ3v) is 1.72. The summed E-state index contributed by atoms with van der Waals surface area (Å²) in [6.07, 6.45) is 5.17. The van der Waals surface area contributed by atoms with Crippen molar-refractivity contribution in [2.24, 2.45) is 0 Å². The zero-order valence-electron chi connectivity index (χ0n) is 6.31. The van der Waals surface area contributed by atoms with Crippen molar-refractivity contribution in [1.82, 2.24) is 0 Å². The van der Waals surface area contributed by atoms with Gasteiger partial charge in [0.2, 0.25) is 0 Å². The van der Waals surface area contributed by atoms with Crippen molar-refractivity contribution >= 4 is 5.78 Å². The molecule has 1 nitrogen and oxygen atoms in total. The van der Waals surface area contributed by atoms with Crippen LogP contribution in [0.15, 0.2) is 23.8 Å². The predicted octanol–water partition coefficient (Wildman–Crippen LogP) is 2.24. The summed E-state index contributed by atoms with van der Waals surface area (Å²) in [6, 6.07) is 0. The maximum Gasteiger partial charge on any atom is 0.183 e.